The second kappa shape index (κ2) is 7.46. The average Bonchev–Trinajstić information content (AvgIpc) is 2.86. The van der Waals surface area contributed by atoms with Gasteiger partial charge in [0.1, 0.15) is 5.76 Å². The smallest absolute Gasteiger partial charge is 0.242 e. The number of carbonyl (C=O) groups is 1. The van der Waals surface area contributed by atoms with Crippen molar-refractivity contribution in [2.75, 3.05) is 38.4 Å². The van der Waals surface area contributed by atoms with Crippen molar-refractivity contribution >= 4 is 27.3 Å². The minimum atomic E-state index is -3.60. The predicted octanol–water partition coefficient (Wildman–Crippen LogP) is 1.79. The molecule has 2 rings (SSSR count). The summed E-state index contributed by atoms with van der Waals surface area (Å²) >= 11 is 0. The Balaban J connectivity index is 2.36. The van der Waals surface area contributed by atoms with E-state index in [-0.39, 0.29) is 17.2 Å². The number of nitrogens with zero attached hydrogens (tertiary/aromatic N) is 3. The monoisotopic (exact) mass is 380 g/mol. The first-order valence-corrected chi connectivity index (χ1v) is 9.43. The molecule has 26 heavy (non-hydrogen) atoms. The lowest BCUT2D eigenvalue weighted by molar-refractivity contribution is -0.115. The van der Waals surface area contributed by atoms with Crippen LogP contribution in [0.3, 0.4) is 0 Å². The zero-order valence-corrected chi connectivity index (χ0v) is 16.6. The molecule has 8 nitrogen and oxygen atoms in total. The minimum absolute atomic E-state index is 0.0959. The van der Waals surface area contributed by atoms with Crippen LogP contribution in [-0.4, -0.2) is 52.0 Å². The topological polar surface area (TPSA) is 95.8 Å². The predicted molar refractivity (Wildman–Crippen MR) is 100.0 cm³/mol. The fourth-order valence-corrected chi connectivity index (χ4v) is 3.41. The molecule has 0 aliphatic carbocycles. The third kappa shape index (κ3) is 4.05. The van der Waals surface area contributed by atoms with Crippen LogP contribution in [0.15, 0.2) is 27.6 Å². The van der Waals surface area contributed by atoms with Gasteiger partial charge in [0, 0.05) is 33.8 Å². The van der Waals surface area contributed by atoms with Gasteiger partial charge in [-0.15, -0.1) is 0 Å². The summed E-state index contributed by atoms with van der Waals surface area (Å²) in [6.07, 6.45) is 0.0959. The normalized spacial score (nSPS) is 11.7. The second-order valence-electron chi connectivity index (χ2n) is 6.39. The molecule has 142 valence electrons. The number of hydrogen-bond acceptors (Lipinski definition) is 6. The molecule has 1 aromatic carbocycles. The van der Waals surface area contributed by atoms with E-state index < -0.39 is 10.0 Å². The molecular formula is C17H24N4O4S. The summed E-state index contributed by atoms with van der Waals surface area (Å²) < 4.78 is 31.0. The van der Waals surface area contributed by atoms with Gasteiger partial charge in [0.05, 0.1) is 28.4 Å². The standard InChI is InChI=1S/C17H24N4O4S/c1-11-14(12(2)25-19-11)10-17(22)18-15-9-13(26(23,24)21(5)6)7-8-16(15)20(3)4/h7-9H,10H2,1-6H3,(H,18,22). The highest BCUT2D eigenvalue weighted by Gasteiger charge is 2.21. The van der Waals surface area contributed by atoms with Crippen LogP contribution in [0.25, 0.3) is 0 Å². The van der Waals surface area contributed by atoms with Crippen LogP contribution in [0.4, 0.5) is 11.4 Å². The highest BCUT2D eigenvalue weighted by atomic mass is 32.2. The second-order valence-corrected chi connectivity index (χ2v) is 8.54. The van der Waals surface area contributed by atoms with Crippen LogP contribution in [0.5, 0.6) is 0 Å². The molecule has 0 fully saturated rings. The van der Waals surface area contributed by atoms with Gasteiger partial charge in [-0.1, -0.05) is 5.16 Å². The van der Waals surface area contributed by atoms with Crippen molar-refractivity contribution < 1.29 is 17.7 Å². The number of rotatable bonds is 6. The molecule has 9 heteroatoms. The fraction of sp³-hybridized carbons (Fsp3) is 0.412. The summed E-state index contributed by atoms with van der Waals surface area (Å²) in [5.41, 5.74) is 2.52. The summed E-state index contributed by atoms with van der Waals surface area (Å²) in [4.78, 5) is 14.4. The number of carbonyl (C=O) groups excluding carboxylic acids is 1. The number of sulfonamides is 1. The number of aryl methyl sites for hydroxylation is 2. The maximum absolute atomic E-state index is 12.5. The lowest BCUT2D eigenvalue weighted by Crippen LogP contribution is -2.23. The molecule has 0 spiro atoms. The van der Waals surface area contributed by atoms with Gasteiger partial charge in [0.15, 0.2) is 0 Å². The highest BCUT2D eigenvalue weighted by Crippen LogP contribution is 2.29. The summed E-state index contributed by atoms with van der Waals surface area (Å²) in [7, 11) is 2.96. The third-order valence-corrected chi connectivity index (χ3v) is 5.83. The Hall–Kier alpha value is -2.39. The van der Waals surface area contributed by atoms with Gasteiger partial charge >= 0.3 is 0 Å². The molecule has 2 aromatic rings. The maximum atomic E-state index is 12.5. The highest BCUT2D eigenvalue weighted by molar-refractivity contribution is 7.89. The molecule has 0 saturated carbocycles. The van der Waals surface area contributed by atoms with Crippen molar-refractivity contribution in [2.45, 2.75) is 25.2 Å². The van der Waals surface area contributed by atoms with Crippen molar-refractivity contribution in [3.8, 4) is 0 Å². The van der Waals surface area contributed by atoms with E-state index in [1.807, 2.05) is 14.1 Å². The molecule has 0 unspecified atom stereocenters. The van der Waals surface area contributed by atoms with Crippen LogP contribution < -0.4 is 10.2 Å². The molecule has 0 aliphatic heterocycles. The summed E-state index contributed by atoms with van der Waals surface area (Å²) in [5, 5.41) is 6.64. The third-order valence-electron chi connectivity index (χ3n) is 4.02. The quantitative estimate of drug-likeness (QED) is 0.821. The lowest BCUT2D eigenvalue weighted by Gasteiger charge is -2.20. The molecule has 1 aromatic heterocycles. The number of anilines is 2. The summed E-state index contributed by atoms with van der Waals surface area (Å²) in [6.45, 7) is 3.52. The van der Waals surface area contributed by atoms with Gasteiger partial charge in [-0.3, -0.25) is 4.79 Å². The summed E-state index contributed by atoms with van der Waals surface area (Å²) in [6, 6.07) is 4.66. The van der Waals surface area contributed by atoms with E-state index in [1.165, 1.54) is 26.2 Å². The van der Waals surface area contributed by atoms with Crippen molar-refractivity contribution in [3.05, 3.63) is 35.2 Å². The van der Waals surface area contributed by atoms with Gasteiger partial charge in [-0.05, 0) is 32.0 Å². The zero-order chi connectivity index (χ0) is 19.6. The zero-order valence-electron chi connectivity index (χ0n) is 15.8. The lowest BCUT2D eigenvalue weighted by atomic mass is 10.1. The van der Waals surface area contributed by atoms with Gasteiger partial charge in [-0.2, -0.15) is 0 Å². The van der Waals surface area contributed by atoms with Crippen molar-refractivity contribution in [1.82, 2.24) is 9.46 Å². The van der Waals surface area contributed by atoms with Gasteiger partial charge in [0.2, 0.25) is 15.9 Å². The molecule has 0 saturated heterocycles. The fourth-order valence-electron chi connectivity index (χ4n) is 2.49. The van der Waals surface area contributed by atoms with E-state index in [0.29, 0.717) is 22.8 Å². The number of aromatic nitrogens is 1. The van der Waals surface area contributed by atoms with Crippen molar-refractivity contribution in [3.63, 3.8) is 0 Å². The molecule has 0 bridgehead atoms. The van der Waals surface area contributed by atoms with Gasteiger partial charge < -0.3 is 14.7 Å². The first-order chi connectivity index (χ1) is 12.0. The van der Waals surface area contributed by atoms with Crippen LogP contribution >= 0.6 is 0 Å². The van der Waals surface area contributed by atoms with E-state index in [1.54, 1.807) is 24.8 Å². The molecule has 0 radical (unpaired) electrons. The Morgan fingerprint density at radius 2 is 1.85 bits per heavy atom. The van der Waals surface area contributed by atoms with E-state index >= 15 is 0 Å². The first kappa shape index (κ1) is 19.9. The number of amides is 1. The van der Waals surface area contributed by atoms with Gasteiger partial charge in [-0.25, -0.2) is 12.7 Å². The number of nitrogens with one attached hydrogen (secondary N) is 1. The van der Waals surface area contributed by atoms with Crippen molar-refractivity contribution in [2.24, 2.45) is 0 Å². The SMILES string of the molecule is Cc1noc(C)c1CC(=O)Nc1cc(S(=O)(=O)N(C)C)ccc1N(C)C. The molecule has 1 N–H and O–H groups in total. The molecular weight excluding hydrogens is 356 g/mol. The number of hydrogen-bond donors (Lipinski definition) is 1. The number of benzene rings is 1. The largest absolute Gasteiger partial charge is 0.376 e. The van der Waals surface area contributed by atoms with Gasteiger partial charge in [0.25, 0.3) is 0 Å². The van der Waals surface area contributed by atoms with Crippen LogP contribution in [0, 0.1) is 13.8 Å². The maximum Gasteiger partial charge on any atom is 0.242 e. The Bertz CT molecular complexity index is 897. The van der Waals surface area contributed by atoms with E-state index in [0.717, 1.165) is 9.87 Å². The molecule has 1 heterocycles. The minimum Gasteiger partial charge on any atom is -0.376 e. The van der Waals surface area contributed by atoms with E-state index in [4.69, 9.17) is 4.52 Å². The first-order valence-electron chi connectivity index (χ1n) is 7.99. The Morgan fingerprint density at radius 1 is 1.19 bits per heavy atom. The Labute approximate surface area is 153 Å². The Kier molecular flexibility index (Phi) is 5.72. The molecule has 0 atom stereocenters. The average molecular weight is 380 g/mol. The summed E-state index contributed by atoms with van der Waals surface area (Å²) in [5.74, 6) is 0.316. The molecule has 1 amide bonds. The van der Waals surface area contributed by atoms with Crippen molar-refractivity contribution in [1.29, 1.82) is 0 Å². The van der Waals surface area contributed by atoms with Crippen LogP contribution in [0.2, 0.25) is 0 Å². The van der Waals surface area contributed by atoms with E-state index in [9.17, 15) is 13.2 Å². The molecule has 0 aliphatic rings. The van der Waals surface area contributed by atoms with Crippen LogP contribution in [0.1, 0.15) is 17.0 Å². The van der Waals surface area contributed by atoms with E-state index in [2.05, 4.69) is 10.5 Å². The Morgan fingerprint density at radius 3 is 2.35 bits per heavy atom. The van der Waals surface area contributed by atoms with Crippen LogP contribution in [-0.2, 0) is 21.2 Å².